The molecule has 78 valence electrons. The van der Waals surface area contributed by atoms with Gasteiger partial charge in [0.05, 0.1) is 5.54 Å². The predicted molar refractivity (Wildman–Crippen MR) is 62.2 cm³/mol. The van der Waals surface area contributed by atoms with Gasteiger partial charge in [-0.1, -0.05) is 23.7 Å². The molecule has 0 atom stereocenters. The van der Waals surface area contributed by atoms with Crippen LogP contribution in [0.1, 0.15) is 11.1 Å². The first-order valence-electron chi connectivity index (χ1n) is 4.38. The van der Waals surface area contributed by atoms with Crippen molar-refractivity contribution in [1.82, 2.24) is 5.32 Å². The van der Waals surface area contributed by atoms with Gasteiger partial charge in [0.1, 0.15) is 0 Å². The van der Waals surface area contributed by atoms with Crippen LogP contribution in [0.2, 0.25) is 5.02 Å². The largest absolute Gasteiger partial charge is 0.319 e. The summed E-state index contributed by atoms with van der Waals surface area (Å²) in [7, 11) is 0. The lowest BCUT2D eigenvalue weighted by Crippen LogP contribution is -2.62. The summed E-state index contributed by atoms with van der Waals surface area (Å²) in [5.41, 5.74) is 8.23. The predicted octanol–water partition coefficient (Wildman–Crippen LogP) is 1.83. The Kier molecular flexibility index (Phi) is 3.43. The maximum absolute atomic E-state index is 6.14. The van der Waals surface area contributed by atoms with Gasteiger partial charge in [0.2, 0.25) is 0 Å². The smallest absolute Gasteiger partial charge is 0.0662 e. The molecule has 0 amide bonds. The highest BCUT2D eigenvalue weighted by molar-refractivity contribution is 6.31. The van der Waals surface area contributed by atoms with E-state index in [2.05, 4.69) is 11.4 Å². The summed E-state index contributed by atoms with van der Waals surface area (Å²) in [6.07, 6.45) is 0. The molecule has 0 unspecified atom stereocenters. The highest BCUT2D eigenvalue weighted by Gasteiger charge is 2.34. The van der Waals surface area contributed by atoms with Gasteiger partial charge in [0.15, 0.2) is 0 Å². The van der Waals surface area contributed by atoms with Crippen LogP contribution < -0.4 is 11.1 Å². The van der Waals surface area contributed by atoms with Gasteiger partial charge in [0, 0.05) is 18.1 Å². The molecule has 1 fully saturated rings. The quantitative estimate of drug-likeness (QED) is 0.776. The van der Waals surface area contributed by atoms with E-state index in [1.165, 1.54) is 5.56 Å². The molecule has 3 N–H and O–H groups in total. The SMILES string of the molecule is Cc1cc(C2(N)CNC2)ccc1Cl.Cl. The lowest BCUT2D eigenvalue weighted by atomic mass is 9.85. The molecule has 0 saturated carbocycles. The number of nitrogens with one attached hydrogen (secondary N) is 1. The number of aryl methyl sites for hydroxylation is 1. The summed E-state index contributed by atoms with van der Waals surface area (Å²) in [4.78, 5) is 0. The van der Waals surface area contributed by atoms with E-state index >= 15 is 0 Å². The van der Waals surface area contributed by atoms with Crippen LogP contribution >= 0.6 is 24.0 Å². The highest BCUT2D eigenvalue weighted by atomic mass is 35.5. The molecule has 1 aliphatic heterocycles. The van der Waals surface area contributed by atoms with Crippen molar-refractivity contribution in [2.24, 2.45) is 5.73 Å². The molecule has 1 aromatic rings. The first kappa shape index (κ1) is 11.8. The van der Waals surface area contributed by atoms with Crippen molar-refractivity contribution >= 4 is 24.0 Å². The van der Waals surface area contributed by atoms with Crippen LogP contribution in [0.15, 0.2) is 18.2 Å². The standard InChI is InChI=1S/C10H13ClN2.ClH/c1-7-4-8(2-3-9(7)11)10(12)5-13-6-10;/h2-4,13H,5-6,12H2,1H3;1H. The van der Waals surface area contributed by atoms with Gasteiger partial charge < -0.3 is 11.1 Å². The average Bonchev–Trinajstić information content (AvgIpc) is 2.06. The van der Waals surface area contributed by atoms with E-state index in [0.717, 1.165) is 23.7 Å². The second kappa shape index (κ2) is 4.07. The molecular formula is C10H14Cl2N2. The molecule has 0 aromatic heterocycles. The van der Waals surface area contributed by atoms with E-state index in [1.54, 1.807) is 0 Å². The van der Waals surface area contributed by atoms with E-state index in [4.69, 9.17) is 17.3 Å². The number of hydrogen-bond acceptors (Lipinski definition) is 2. The third-order valence-electron chi connectivity index (χ3n) is 2.61. The molecule has 0 radical (unpaired) electrons. The number of benzene rings is 1. The maximum Gasteiger partial charge on any atom is 0.0662 e. The van der Waals surface area contributed by atoms with Crippen molar-refractivity contribution in [2.75, 3.05) is 13.1 Å². The van der Waals surface area contributed by atoms with E-state index in [-0.39, 0.29) is 17.9 Å². The average molecular weight is 233 g/mol. The van der Waals surface area contributed by atoms with Crippen molar-refractivity contribution in [1.29, 1.82) is 0 Å². The molecule has 0 bridgehead atoms. The minimum absolute atomic E-state index is 0. The van der Waals surface area contributed by atoms with Crippen LogP contribution in [0.25, 0.3) is 0 Å². The van der Waals surface area contributed by atoms with Crippen molar-refractivity contribution in [3.8, 4) is 0 Å². The first-order chi connectivity index (χ1) is 6.12. The monoisotopic (exact) mass is 232 g/mol. The molecule has 1 saturated heterocycles. The van der Waals surface area contributed by atoms with Crippen molar-refractivity contribution in [3.05, 3.63) is 34.3 Å². The fraction of sp³-hybridized carbons (Fsp3) is 0.400. The van der Waals surface area contributed by atoms with Gasteiger partial charge >= 0.3 is 0 Å². The Labute approximate surface area is 95.2 Å². The zero-order valence-corrected chi connectivity index (χ0v) is 9.58. The van der Waals surface area contributed by atoms with Gasteiger partial charge in [0.25, 0.3) is 0 Å². The second-order valence-corrected chi connectivity index (χ2v) is 4.13. The van der Waals surface area contributed by atoms with Gasteiger partial charge in [-0.2, -0.15) is 0 Å². The summed E-state index contributed by atoms with van der Waals surface area (Å²) in [6.45, 7) is 3.71. The molecular weight excluding hydrogens is 219 g/mol. The number of hydrogen-bond donors (Lipinski definition) is 2. The van der Waals surface area contributed by atoms with Crippen LogP contribution in [0.3, 0.4) is 0 Å². The lowest BCUT2D eigenvalue weighted by molar-refractivity contribution is 0.287. The third kappa shape index (κ3) is 1.89. The molecule has 0 spiro atoms. The Morgan fingerprint density at radius 1 is 1.43 bits per heavy atom. The number of nitrogens with two attached hydrogens (primary N) is 1. The summed E-state index contributed by atoms with van der Waals surface area (Å²) >= 11 is 5.94. The lowest BCUT2D eigenvalue weighted by Gasteiger charge is -2.39. The fourth-order valence-electron chi connectivity index (χ4n) is 1.55. The Balaban J connectivity index is 0.000000980. The van der Waals surface area contributed by atoms with Crippen molar-refractivity contribution in [2.45, 2.75) is 12.5 Å². The Morgan fingerprint density at radius 3 is 2.50 bits per heavy atom. The Bertz CT molecular complexity index is 335. The Morgan fingerprint density at radius 2 is 2.07 bits per heavy atom. The minimum Gasteiger partial charge on any atom is -0.319 e. The van der Waals surface area contributed by atoms with E-state index in [1.807, 2.05) is 19.1 Å². The normalized spacial score (nSPS) is 18.2. The topological polar surface area (TPSA) is 38.0 Å². The van der Waals surface area contributed by atoms with E-state index < -0.39 is 0 Å². The van der Waals surface area contributed by atoms with Crippen molar-refractivity contribution < 1.29 is 0 Å². The van der Waals surface area contributed by atoms with Crippen LogP contribution in [0.4, 0.5) is 0 Å². The van der Waals surface area contributed by atoms with Crippen LogP contribution in [0.5, 0.6) is 0 Å². The minimum atomic E-state index is -0.171. The Hall–Kier alpha value is -0.280. The van der Waals surface area contributed by atoms with Crippen LogP contribution in [0, 0.1) is 6.92 Å². The number of rotatable bonds is 1. The summed E-state index contributed by atoms with van der Waals surface area (Å²) in [6, 6.07) is 6.00. The second-order valence-electron chi connectivity index (χ2n) is 3.72. The molecule has 14 heavy (non-hydrogen) atoms. The van der Waals surface area contributed by atoms with Gasteiger partial charge in [-0.25, -0.2) is 0 Å². The van der Waals surface area contributed by atoms with Crippen molar-refractivity contribution in [3.63, 3.8) is 0 Å². The molecule has 2 nitrogen and oxygen atoms in total. The van der Waals surface area contributed by atoms with Gasteiger partial charge in [-0.3, -0.25) is 0 Å². The molecule has 1 aliphatic rings. The first-order valence-corrected chi connectivity index (χ1v) is 4.76. The zero-order chi connectivity index (χ0) is 9.47. The fourth-order valence-corrected chi connectivity index (χ4v) is 1.67. The maximum atomic E-state index is 6.14. The van der Waals surface area contributed by atoms with Crippen LogP contribution in [-0.4, -0.2) is 13.1 Å². The molecule has 1 heterocycles. The molecule has 2 rings (SSSR count). The van der Waals surface area contributed by atoms with Crippen LogP contribution in [-0.2, 0) is 5.54 Å². The molecule has 0 aliphatic carbocycles. The third-order valence-corrected chi connectivity index (χ3v) is 3.04. The number of halogens is 2. The van der Waals surface area contributed by atoms with E-state index in [0.29, 0.717) is 0 Å². The van der Waals surface area contributed by atoms with E-state index in [9.17, 15) is 0 Å². The summed E-state index contributed by atoms with van der Waals surface area (Å²) in [5, 5.41) is 3.98. The summed E-state index contributed by atoms with van der Waals surface area (Å²) < 4.78 is 0. The highest BCUT2D eigenvalue weighted by Crippen LogP contribution is 2.26. The zero-order valence-electron chi connectivity index (χ0n) is 8.01. The summed E-state index contributed by atoms with van der Waals surface area (Å²) in [5.74, 6) is 0. The van der Waals surface area contributed by atoms with Gasteiger partial charge in [-0.05, 0) is 24.1 Å². The molecule has 1 aromatic carbocycles. The van der Waals surface area contributed by atoms with Gasteiger partial charge in [-0.15, -0.1) is 12.4 Å². The molecule has 4 heteroatoms.